The molecule has 7 nitrogen and oxygen atoms in total. The van der Waals surface area contributed by atoms with Crippen LogP contribution in [0.5, 0.6) is 0 Å². The van der Waals surface area contributed by atoms with E-state index in [0.29, 0.717) is 43.6 Å². The van der Waals surface area contributed by atoms with Gasteiger partial charge in [-0.05, 0) is 55.5 Å². The molecule has 0 saturated carbocycles. The monoisotopic (exact) mass is 478 g/mol. The van der Waals surface area contributed by atoms with Gasteiger partial charge in [-0.15, -0.1) is 11.3 Å². The van der Waals surface area contributed by atoms with Gasteiger partial charge in [0.05, 0.1) is 16.8 Å². The first kappa shape index (κ1) is 21.1. The van der Waals surface area contributed by atoms with Gasteiger partial charge in [0.25, 0.3) is 5.56 Å². The van der Waals surface area contributed by atoms with Crippen LogP contribution in [-0.2, 0) is 29.4 Å². The fourth-order valence-corrected chi connectivity index (χ4v) is 7.21. The van der Waals surface area contributed by atoms with Crippen LogP contribution in [0.25, 0.3) is 10.2 Å². The van der Waals surface area contributed by atoms with Gasteiger partial charge in [0, 0.05) is 36.1 Å². The molecule has 2 aromatic heterocycles. The van der Waals surface area contributed by atoms with E-state index in [0.717, 1.165) is 29.5 Å². The first-order chi connectivity index (χ1) is 14.9. The molecule has 0 atom stereocenters. The lowest BCUT2D eigenvalue weighted by Crippen LogP contribution is -2.48. The number of fused-ring (bicyclic) bond motifs is 3. The third-order valence-electron chi connectivity index (χ3n) is 6.03. The fourth-order valence-electron chi connectivity index (χ4n) is 4.38. The maximum Gasteiger partial charge on any atom is 0.259 e. The SMILES string of the molecule is O=c1[nH]c(CN2CCN(S(=O)(=O)c3ccc(Cl)cc3)CC2)nc2sc3c(c12)CCCC3. The zero-order chi connectivity index (χ0) is 21.6. The predicted octanol–water partition coefficient (Wildman–Crippen LogP) is 3.02. The molecule has 0 unspecified atom stereocenters. The highest BCUT2D eigenvalue weighted by Crippen LogP contribution is 2.33. The third kappa shape index (κ3) is 4.05. The van der Waals surface area contributed by atoms with Crippen molar-refractivity contribution in [1.82, 2.24) is 19.2 Å². The van der Waals surface area contributed by atoms with E-state index in [2.05, 4.69) is 9.88 Å². The second-order valence-corrected chi connectivity index (χ2v) is 11.5. The topological polar surface area (TPSA) is 86.4 Å². The number of piperazine rings is 1. The lowest BCUT2D eigenvalue weighted by atomic mass is 9.97. The minimum atomic E-state index is -3.54. The van der Waals surface area contributed by atoms with Crippen LogP contribution < -0.4 is 5.56 Å². The Balaban J connectivity index is 1.29. The lowest BCUT2D eigenvalue weighted by Gasteiger charge is -2.33. The summed E-state index contributed by atoms with van der Waals surface area (Å²) in [7, 11) is -3.54. The van der Waals surface area contributed by atoms with Gasteiger partial charge in [0.2, 0.25) is 10.0 Å². The van der Waals surface area contributed by atoms with E-state index in [1.165, 1.54) is 33.3 Å². The molecular weight excluding hydrogens is 456 g/mol. The van der Waals surface area contributed by atoms with E-state index in [1.54, 1.807) is 23.5 Å². The minimum Gasteiger partial charge on any atom is -0.309 e. The van der Waals surface area contributed by atoms with E-state index in [4.69, 9.17) is 16.6 Å². The minimum absolute atomic E-state index is 0.0525. The number of nitrogens with one attached hydrogen (secondary N) is 1. The Kier molecular flexibility index (Phi) is 5.64. The standard InChI is InChI=1S/C21H23ClN4O3S2/c22-14-5-7-15(8-6-14)31(28,29)26-11-9-25(10-12-26)13-18-23-20(27)19-16-3-1-2-4-17(16)30-21(19)24-18/h5-8H,1-4,9-13H2,(H,23,24,27). The lowest BCUT2D eigenvalue weighted by molar-refractivity contribution is 0.178. The van der Waals surface area contributed by atoms with Crippen LogP contribution in [-0.4, -0.2) is 53.8 Å². The van der Waals surface area contributed by atoms with Crippen molar-refractivity contribution in [2.24, 2.45) is 0 Å². The molecule has 0 radical (unpaired) electrons. The molecule has 31 heavy (non-hydrogen) atoms. The summed E-state index contributed by atoms with van der Waals surface area (Å²) in [5.41, 5.74) is 1.14. The van der Waals surface area contributed by atoms with Crippen LogP contribution in [0.15, 0.2) is 34.0 Å². The quantitative estimate of drug-likeness (QED) is 0.623. The second kappa shape index (κ2) is 8.29. The van der Waals surface area contributed by atoms with Crippen LogP contribution in [0.3, 0.4) is 0 Å². The van der Waals surface area contributed by atoms with Crippen LogP contribution >= 0.6 is 22.9 Å². The van der Waals surface area contributed by atoms with Crippen LogP contribution in [0.4, 0.5) is 0 Å². The van der Waals surface area contributed by atoms with Crippen molar-refractivity contribution in [2.75, 3.05) is 26.2 Å². The summed E-state index contributed by atoms with van der Waals surface area (Å²) in [6.45, 7) is 2.45. The number of halogens is 1. The number of sulfonamides is 1. The average Bonchev–Trinajstić information content (AvgIpc) is 3.13. The van der Waals surface area contributed by atoms with Crippen molar-refractivity contribution in [3.8, 4) is 0 Å². The molecule has 1 aliphatic heterocycles. The summed E-state index contributed by atoms with van der Waals surface area (Å²) < 4.78 is 27.2. The number of rotatable bonds is 4. The number of aryl methyl sites for hydroxylation is 2. The Morgan fingerprint density at radius 3 is 2.52 bits per heavy atom. The summed E-state index contributed by atoms with van der Waals surface area (Å²) in [5, 5.41) is 1.27. The smallest absolute Gasteiger partial charge is 0.259 e. The Morgan fingerprint density at radius 2 is 1.77 bits per heavy atom. The first-order valence-electron chi connectivity index (χ1n) is 10.4. The van der Waals surface area contributed by atoms with Crippen LogP contribution in [0.1, 0.15) is 29.1 Å². The fraction of sp³-hybridized carbons (Fsp3) is 0.429. The maximum absolute atomic E-state index is 12.9. The zero-order valence-corrected chi connectivity index (χ0v) is 19.3. The van der Waals surface area contributed by atoms with Gasteiger partial charge in [-0.1, -0.05) is 11.6 Å². The van der Waals surface area contributed by atoms with Gasteiger partial charge >= 0.3 is 0 Å². The highest BCUT2D eigenvalue weighted by Gasteiger charge is 2.29. The van der Waals surface area contributed by atoms with Crippen LogP contribution in [0.2, 0.25) is 5.02 Å². The molecule has 1 N–H and O–H groups in total. The molecule has 0 bridgehead atoms. The Morgan fingerprint density at radius 1 is 1.06 bits per heavy atom. The molecule has 10 heteroatoms. The molecule has 1 saturated heterocycles. The highest BCUT2D eigenvalue weighted by molar-refractivity contribution is 7.89. The number of H-pyrrole nitrogens is 1. The summed E-state index contributed by atoms with van der Waals surface area (Å²) in [5.74, 6) is 0.644. The molecule has 0 amide bonds. The van der Waals surface area contributed by atoms with Crippen molar-refractivity contribution in [2.45, 2.75) is 37.1 Å². The van der Waals surface area contributed by atoms with Crippen molar-refractivity contribution in [3.63, 3.8) is 0 Å². The van der Waals surface area contributed by atoms with Crippen molar-refractivity contribution >= 4 is 43.2 Å². The Bertz CT molecular complexity index is 1280. The summed E-state index contributed by atoms with van der Waals surface area (Å²) in [6.07, 6.45) is 4.30. The molecule has 5 rings (SSSR count). The first-order valence-corrected chi connectivity index (χ1v) is 13.1. The van der Waals surface area contributed by atoms with E-state index >= 15 is 0 Å². The van der Waals surface area contributed by atoms with E-state index < -0.39 is 10.0 Å². The maximum atomic E-state index is 12.9. The number of aromatic nitrogens is 2. The van der Waals surface area contributed by atoms with E-state index in [-0.39, 0.29) is 10.5 Å². The molecule has 2 aliphatic rings. The number of thiophene rings is 1. The van der Waals surface area contributed by atoms with Gasteiger partial charge in [-0.25, -0.2) is 13.4 Å². The van der Waals surface area contributed by atoms with Gasteiger partial charge in [0.15, 0.2) is 0 Å². The van der Waals surface area contributed by atoms with Gasteiger partial charge in [0.1, 0.15) is 10.7 Å². The number of nitrogens with zero attached hydrogens (tertiary/aromatic N) is 3. The van der Waals surface area contributed by atoms with Gasteiger partial charge in [-0.3, -0.25) is 9.69 Å². The molecule has 164 valence electrons. The summed E-state index contributed by atoms with van der Waals surface area (Å²) >= 11 is 7.52. The van der Waals surface area contributed by atoms with Crippen molar-refractivity contribution in [1.29, 1.82) is 0 Å². The van der Waals surface area contributed by atoms with Crippen molar-refractivity contribution < 1.29 is 8.42 Å². The van der Waals surface area contributed by atoms with E-state index in [1.807, 2.05) is 0 Å². The average molecular weight is 479 g/mol. The van der Waals surface area contributed by atoms with Gasteiger partial charge in [-0.2, -0.15) is 4.31 Å². The molecule has 1 aromatic carbocycles. The highest BCUT2D eigenvalue weighted by atomic mass is 35.5. The molecule has 1 aliphatic carbocycles. The van der Waals surface area contributed by atoms with Crippen molar-refractivity contribution in [3.05, 3.63) is 55.9 Å². The summed E-state index contributed by atoms with van der Waals surface area (Å²) in [4.78, 5) is 24.9. The normalized spacial score (nSPS) is 18.4. The number of hydrogen-bond donors (Lipinski definition) is 1. The molecule has 3 aromatic rings. The molecule has 1 fully saturated rings. The number of aromatic amines is 1. The zero-order valence-electron chi connectivity index (χ0n) is 16.9. The van der Waals surface area contributed by atoms with Crippen LogP contribution in [0, 0.1) is 0 Å². The Hall–Kier alpha value is -1.78. The largest absolute Gasteiger partial charge is 0.309 e. The summed E-state index contributed by atoms with van der Waals surface area (Å²) in [6, 6.07) is 6.25. The van der Waals surface area contributed by atoms with Gasteiger partial charge < -0.3 is 4.98 Å². The molecule has 3 heterocycles. The number of benzene rings is 1. The molecule has 0 spiro atoms. The second-order valence-electron chi connectivity index (χ2n) is 8.04. The Labute approximate surface area is 189 Å². The van der Waals surface area contributed by atoms with E-state index in [9.17, 15) is 13.2 Å². The molecular formula is C21H23ClN4O3S2. The number of hydrogen-bond acceptors (Lipinski definition) is 6. The predicted molar refractivity (Wildman–Crippen MR) is 122 cm³/mol. The third-order valence-corrected chi connectivity index (χ3v) is 9.38.